The molecule has 136 valence electrons. The van der Waals surface area contributed by atoms with Gasteiger partial charge < -0.3 is 11.1 Å². The summed E-state index contributed by atoms with van der Waals surface area (Å²) in [5, 5.41) is 3.44. The third-order valence-corrected chi connectivity index (χ3v) is 4.11. The summed E-state index contributed by atoms with van der Waals surface area (Å²) < 4.78 is 0. The van der Waals surface area contributed by atoms with Crippen molar-refractivity contribution >= 4 is 0 Å². The van der Waals surface area contributed by atoms with Crippen LogP contribution in [0.5, 0.6) is 0 Å². The number of allylic oxidation sites excluding steroid dienone is 4. The van der Waals surface area contributed by atoms with E-state index in [4.69, 9.17) is 5.73 Å². The van der Waals surface area contributed by atoms with Gasteiger partial charge in [-0.15, -0.1) is 0 Å². The highest BCUT2D eigenvalue weighted by molar-refractivity contribution is 4.92. The van der Waals surface area contributed by atoms with Crippen LogP contribution in [0.1, 0.15) is 90.4 Å². The molecule has 0 heterocycles. The highest BCUT2D eigenvalue weighted by Crippen LogP contribution is 2.07. The second-order valence-corrected chi connectivity index (χ2v) is 6.48. The Morgan fingerprint density at radius 3 is 1.87 bits per heavy atom. The van der Waals surface area contributed by atoms with Crippen LogP contribution in [0.15, 0.2) is 24.3 Å². The zero-order valence-electron chi connectivity index (χ0n) is 15.7. The van der Waals surface area contributed by atoms with Gasteiger partial charge in [-0.2, -0.15) is 0 Å². The first kappa shape index (κ1) is 22.4. The molecule has 0 bridgehead atoms. The number of nitrogens with one attached hydrogen (secondary N) is 1. The molecule has 0 aliphatic carbocycles. The van der Waals surface area contributed by atoms with Crippen LogP contribution in [-0.2, 0) is 0 Å². The smallest absolute Gasteiger partial charge is 0.00369 e. The third kappa shape index (κ3) is 21.4. The number of unbranched alkanes of at least 4 members (excludes halogenated alkanes) is 9. The van der Waals surface area contributed by atoms with E-state index < -0.39 is 0 Å². The lowest BCUT2D eigenvalue weighted by Gasteiger charge is -2.03. The van der Waals surface area contributed by atoms with Crippen LogP contribution >= 0.6 is 0 Å². The number of rotatable bonds is 18. The molecule has 0 saturated heterocycles. The molecule has 0 aromatic heterocycles. The summed E-state index contributed by atoms with van der Waals surface area (Å²) in [6.45, 7) is 5.30. The van der Waals surface area contributed by atoms with E-state index in [9.17, 15) is 0 Å². The average molecular weight is 323 g/mol. The molecule has 2 heteroatoms. The first-order valence-electron chi connectivity index (χ1n) is 10.1. The largest absolute Gasteiger partial charge is 0.330 e. The third-order valence-electron chi connectivity index (χ3n) is 4.11. The second-order valence-electron chi connectivity index (χ2n) is 6.48. The van der Waals surface area contributed by atoms with Gasteiger partial charge in [-0.25, -0.2) is 0 Å². The summed E-state index contributed by atoms with van der Waals surface area (Å²) in [6.07, 6.45) is 26.3. The predicted molar refractivity (Wildman–Crippen MR) is 106 cm³/mol. The molecule has 0 fully saturated rings. The van der Waals surface area contributed by atoms with Gasteiger partial charge in [0, 0.05) is 0 Å². The molecule has 0 amide bonds. The van der Waals surface area contributed by atoms with Crippen molar-refractivity contribution < 1.29 is 0 Å². The summed E-state index contributed by atoms with van der Waals surface area (Å²) in [7, 11) is 0. The number of nitrogens with two attached hydrogens (primary N) is 1. The van der Waals surface area contributed by atoms with Crippen LogP contribution in [0.4, 0.5) is 0 Å². The monoisotopic (exact) mass is 322 g/mol. The van der Waals surface area contributed by atoms with Gasteiger partial charge in [-0.3, -0.25) is 0 Å². The molecule has 2 nitrogen and oxygen atoms in total. The van der Waals surface area contributed by atoms with Gasteiger partial charge in [-0.1, -0.05) is 69.8 Å². The Kier molecular flexibility index (Phi) is 20.8. The van der Waals surface area contributed by atoms with Crippen LogP contribution in [0.2, 0.25) is 0 Å². The summed E-state index contributed by atoms with van der Waals surface area (Å²) in [6, 6.07) is 0. The quantitative estimate of drug-likeness (QED) is 0.249. The van der Waals surface area contributed by atoms with Crippen LogP contribution in [-0.4, -0.2) is 19.6 Å². The Bertz CT molecular complexity index is 259. The normalized spacial score (nSPS) is 11.9. The molecule has 0 saturated carbocycles. The van der Waals surface area contributed by atoms with E-state index in [0.717, 1.165) is 32.5 Å². The van der Waals surface area contributed by atoms with E-state index in [2.05, 4.69) is 36.5 Å². The fourth-order valence-electron chi connectivity index (χ4n) is 2.59. The minimum Gasteiger partial charge on any atom is -0.330 e. The molecule has 0 atom stereocenters. The average Bonchev–Trinajstić information content (AvgIpc) is 2.57. The lowest BCUT2D eigenvalue weighted by atomic mass is 10.1. The van der Waals surface area contributed by atoms with Crippen LogP contribution in [0.3, 0.4) is 0 Å². The molecule has 0 aromatic carbocycles. The molecule has 0 unspecified atom stereocenters. The van der Waals surface area contributed by atoms with Crippen LogP contribution < -0.4 is 11.1 Å². The SMILES string of the molecule is CCCCC/C=C\C/C=C\CCCCCCCCNCCCN. The Hall–Kier alpha value is -0.600. The highest BCUT2D eigenvalue weighted by Gasteiger charge is 1.91. The van der Waals surface area contributed by atoms with Gasteiger partial charge >= 0.3 is 0 Å². The maximum atomic E-state index is 5.46. The van der Waals surface area contributed by atoms with Gasteiger partial charge in [0.1, 0.15) is 0 Å². The van der Waals surface area contributed by atoms with Crippen LogP contribution in [0.25, 0.3) is 0 Å². The van der Waals surface area contributed by atoms with Crippen molar-refractivity contribution in [2.75, 3.05) is 19.6 Å². The molecule has 0 aliphatic heterocycles. The zero-order chi connectivity index (χ0) is 16.8. The van der Waals surface area contributed by atoms with E-state index >= 15 is 0 Å². The molecule has 0 aromatic rings. The van der Waals surface area contributed by atoms with Crippen LogP contribution in [0, 0.1) is 0 Å². The van der Waals surface area contributed by atoms with Gasteiger partial charge in [0.05, 0.1) is 0 Å². The topological polar surface area (TPSA) is 38.0 Å². The van der Waals surface area contributed by atoms with E-state index in [1.807, 2.05) is 0 Å². The molecule has 0 rings (SSSR count). The minimum absolute atomic E-state index is 0.802. The molecule has 0 aliphatic rings. The van der Waals surface area contributed by atoms with Crippen molar-refractivity contribution in [1.82, 2.24) is 5.32 Å². The van der Waals surface area contributed by atoms with Crippen molar-refractivity contribution in [3.8, 4) is 0 Å². The van der Waals surface area contributed by atoms with Gasteiger partial charge in [0.15, 0.2) is 0 Å². The van der Waals surface area contributed by atoms with Crippen molar-refractivity contribution in [2.24, 2.45) is 5.73 Å². The van der Waals surface area contributed by atoms with Crippen molar-refractivity contribution in [3.63, 3.8) is 0 Å². The molecular weight excluding hydrogens is 280 g/mol. The van der Waals surface area contributed by atoms with Gasteiger partial charge in [-0.05, 0) is 64.6 Å². The predicted octanol–water partition coefficient (Wildman–Crippen LogP) is 5.74. The lowest BCUT2D eigenvalue weighted by Crippen LogP contribution is -2.19. The first-order chi connectivity index (χ1) is 11.4. The Morgan fingerprint density at radius 2 is 1.22 bits per heavy atom. The molecule has 3 N–H and O–H groups in total. The molecule has 0 radical (unpaired) electrons. The summed E-state index contributed by atoms with van der Waals surface area (Å²) in [4.78, 5) is 0. The fourth-order valence-corrected chi connectivity index (χ4v) is 2.59. The Labute approximate surface area is 146 Å². The molecule has 23 heavy (non-hydrogen) atoms. The number of hydrogen-bond acceptors (Lipinski definition) is 2. The zero-order valence-corrected chi connectivity index (χ0v) is 15.7. The van der Waals surface area contributed by atoms with Crippen molar-refractivity contribution in [3.05, 3.63) is 24.3 Å². The molecular formula is C21H42N2. The Morgan fingerprint density at radius 1 is 0.652 bits per heavy atom. The summed E-state index contributed by atoms with van der Waals surface area (Å²) >= 11 is 0. The summed E-state index contributed by atoms with van der Waals surface area (Å²) in [5.74, 6) is 0. The second kappa shape index (κ2) is 21.4. The molecule has 0 spiro atoms. The number of hydrogen-bond donors (Lipinski definition) is 2. The minimum atomic E-state index is 0.802. The van der Waals surface area contributed by atoms with E-state index in [-0.39, 0.29) is 0 Å². The maximum Gasteiger partial charge on any atom is -0.00369 e. The van der Waals surface area contributed by atoms with E-state index in [0.29, 0.717) is 0 Å². The fraction of sp³-hybridized carbons (Fsp3) is 0.810. The summed E-state index contributed by atoms with van der Waals surface area (Å²) in [5.41, 5.74) is 5.46. The maximum absolute atomic E-state index is 5.46. The van der Waals surface area contributed by atoms with Crippen molar-refractivity contribution in [1.29, 1.82) is 0 Å². The van der Waals surface area contributed by atoms with Crippen molar-refractivity contribution in [2.45, 2.75) is 90.4 Å². The van der Waals surface area contributed by atoms with Gasteiger partial charge in [0.2, 0.25) is 0 Å². The Balaban J connectivity index is 3.10. The highest BCUT2D eigenvalue weighted by atomic mass is 14.8. The lowest BCUT2D eigenvalue weighted by molar-refractivity contribution is 0.562. The van der Waals surface area contributed by atoms with Gasteiger partial charge in [0.25, 0.3) is 0 Å². The standard InChI is InChI=1S/C21H42N2/c1-2-3-4-5-6-7-8-9-10-11-12-13-14-15-16-17-20-23-21-18-19-22/h6-7,9-10,23H,2-5,8,11-22H2,1H3/b7-6-,10-9-. The van der Waals surface area contributed by atoms with E-state index in [1.54, 1.807) is 0 Å². The van der Waals surface area contributed by atoms with E-state index in [1.165, 1.54) is 70.6 Å². The first-order valence-corrected chi connectivity index (χ1v) is 10.1.